The third-order valence-corrected chi connectivity index (χ3v) is 3.23. The predicted molar refractivity (Wildman–Crippen MR) is 74.5 cm³/mol. The van der Waals surface area contributed by atoms with Crippen molar-refractivity contribution in [3.63, 3.8) is 0 Å². The van der Waals surface area contributed by atoms with Crippen LogP contribution >= 0.6 is 11.6 Å². The fourth-order valence-electron chi connectivity index (χ4n) is 1.99. The minimum Gasteiger partial charge on any atom is -0.388 e. The highest BCUT2D eigenvalue weighted by Crippen LogP contribution is 2.28. The molecule has 1 aromatic carbocycles. The summed E-state index contributed by atoms with van der Waals surface area (Å²) < 4.78 is 0. The number of benzene rings is 1. The van der Waals surface area contributed by atoms with Gasteiger partial charge >= 0.3 is 0 Å². The number of rotatable bonds is 4. The van der Waals surface area contributed by atoms with Gasteiger partial charge in [-0.15, -0.1) is 0 Å². The highest BCUT2D eigenvalue weighted by Gasteiger charge is 2.14. The molecule has 0 spiro atoms. The summed E-state index contributed by atoms with van der Waals surface area (Å²) in [5, 5.41) is 10.9. The number of hydrogen-bond donors (Lipinski definition) is 1. The summed E-state index contributed by atoms with van der Waals surface area (Å²) in [6, 6.07) is 5.68. The van der Waals surface area contributed by atoms with E-state index < -0.39 is 0 Å². The summed E-state index contributed by atoms with van der Waals surface area (Å²) in [5.41, 5.74) is 2.42. The number of hydrogen-bond acceptors (Lipinski definition) is 1. The van der Waals surface area contributed by atoms with Crippen LogP contribution in [0, 0.1) is 12.3 Å². The van der Waals surface area contributed by atoms with Crippen molar-refractivity contribution in [3.8, 4) is 0 Å². The van der Waals surface area contributed by atoms with Gasteiger partial charge in [0.25, 0.3) is 0 Å². The van der Waals surface area contributed by atoms with E-state index in [-0.39, 0.29) is 6.10 Å². The number of aliphatic hydroxyl groups is 1. The molecule has 0 aliphatic carbocycles. The molecule has 17 heavy (non-hydrogen) atoms. The maximum atomic E-state index is 10.1. The minimum atomic E-state index is -0.366. The van der Waals surface area contributed by atoms with E-state index in [0.29, 0.717) is 5.41 Å². The van der Waals surface area contributed by atoms with Crippen molar-refractivity contribution in [2.24, 2.45) is 5.41 Å². The van der Waals surface area contributed by atoms with Crippen molar-refractivity contribution in [3.05, 3.63) is 34.3 Å². The third-order valence-electron chi connectivity index (χ3n) is 3.00. The Labute approximate surface area is 110 Å². The lowest BCUT2D eigenvalue weighted by Crippen LogP contribution is -2.06. The smallest absolute Gasteiger partial charge is 0.0792 e. The van der Waals surface area contributed by atoms with Crippen molar-refractivity contribution in [2.75, 3.05) is 0 Å². The normalized spacial score (nSPS) is 13.8. The quantitative estimate of drug-likeness (QED) is 0.810. The van der Waals surface area contributed by atoms with Crippen LogP contribution in [0.3, 0.4) is 0 Å². The molecular weight excluding hydrogens is 232 g/mol. The Morgan fingerprint density at radius 1 is 1.29 bits per heavy atom. The average Bonchev–Trinajstić information content (AvgIpc) is 2.15. The Morgan fingerprint density at radius 3 is 2.47 bits per heavy atom. The van der Waals surface area contributed by atoms with Crippen molar-refractivity contribution in [2.45, 2.75) is 53.1 Å². The average molecular weight is 255 g/mol. The van der Waals surface area contributed by atoms with Crippen LogP contribution in [0.15, 0.2) is 18.2 Å². The Morgan fingerprint density at radius 2 is 1.94 bits per heavy atom. The van der Waals surface area contributed by atoms with Gasteiger partial charge in [0.15, 0.2) is 0 Å². The fraction of sp³-hybridized carbons (Fsp3) is 0.600. The van der Waals surface area contributed by atoms with E-state index in [9.17, 15) is 5.11 Å². The third kappa shape index (κ3) is 5.10. The number of halogens is 1. The standard InChI is InChI=1S/C15H23ClO/c1-11-10-12(16)7-8-13(11)14(17)6-5-9-15(2,3)4/h7-8,10,14,17H,5-6,9H2,1-4H3. The first-order chi connectivity index (χ1) is 7.79. The molecule has 0 bridgehead atoms. The lowest BCUT2D eigenvalue weighted by Gasteiger charge is -2.19. The molecule has 0 aliphatic heterocycles. The van der Waals surface area contributed by atoms with Gasteiger partial charge in [0.05, 0.1) is 6.10 Å². The molecule has 0 saturated carbocycles. The molecule has 0 saturated heterocycles. The van der Waals surface area contributed by atoms with E-state index in [0.717, 1.165) is 35.4 Å². The van der Waals surface area contributed by atoms with Crippen LogP contribution < -0.4 is 0 Å². The first-order valence-electron chi connectivity index (χ1n) is 6.24. The SMILES string of the molecule is Cc1cc(Cl)ccc1C(O)CCCC(C)(C)C. The highest BCUT2D eigenvalue weighted by atomic mass is 35.5. The van der Waals surface area contributed by atoms with Crippen molar-refractivity contribution < 1.29 is 5.11 Å². The van der Waals surface area contributed by atoms with Crippen LogP contribution in [0.1, 0.15) is 57.3 Å². The largest absolute Gasteiger partial charge is 0.388 e. The van der Waals surface area contributed by atoms with Crippen molar-refractivity contribution >= 4 is 11.6 Å². The van der Waals surface area contributed by atoms with Gasteiger partial charge in [-0.3, -0.25) is 0 Å². The predicted octanol–water partition coefficient (Wildman–Crippen LogP) is 4.90. The first kappa shape index (κ1) is 14.5. The highest BCUT2D eigenvalue weighted by molar-refractivity contribution is 6.30. The minimum absolute atomic E-state index is 0.342. The zero-order valence-corrected chi connectivity index (χ0v) is 12.0. The molecule has 1 nitrogen and oxygen atoms in total. The zero-order valence-electron chi connectivity index (χ0n) is 11.3. The second-order valence-electron chi connectivity index (χ2n) is 5.97. The Bertz CT molecular complexity index is 366. The number of aryl methyl sites for hydroxylation is 1. The molecule has 0 heterocycles. The second-order valence-corrected chi connectivity index (χ2v) is 6.41. The van der Waals surface area contributed by atoms with Gasteiger partial charge < -0.3 is 5.11 Å². The van der Waals surface area contributed by atoms with Gasteiger partial charge in [0.2, 0.25) is 0 Å². The molecule has 1 rings (SSSR count). The lowest BCUT2D eigenvalue weighted by molar-refractivity contribution is 0.157. The van der Waals surface area contributed by atoms with Gasteiger partial charge in [0, 0.05) is 5.02 Å². The van der Waals surface area contributed by atoms with Crippen LogP contribution in [-0.4, -0.2) is 5.11 Å². The van der Waals surface area contributed by atoms with Crippen LogP contribution in [-0.2, 0) is 0 Å². The molecule has 0 radical (unpaired) electrons. The molecule has 1 unspecified atom stereocenters. The van der Waals surface area contributed by atoms with Crippen LogP contribution in [0.25, 0.3) is 0 Å². The van der Waals surface area contributed by atoms with E-state index in [1.165, 1.54) is 0 Å². The van der Waals surface area contributed by atoms with Crippen molar-refractivity contribution in [1.82, 2.24) is 0 Å². The van der Waals surface area contributed by atoms with E-state index in [4.69, 9.17) is 11.6 Å². The van der Waals surface area contributed by atoms with Gasteiger partial charge in [-0.05, 0) is 48.4 Å². The van der Waals surface area contributed by atoms with E-state index >= 15 is 0 Å². The van der Waals surface area contributed by atoms with E-state index in [1.807, 2.05) is 25.1 Å². The monoisotopic (exact) mass is 254 g/mol. The summed E-state index contributed by atoms with van der Waals surface area (Å²) in [7, 11) is 0. The zero-order chi connectivity index (χ0) is 13.1. The molecule has 0 aromatic heterocycles. The van der Waals surface area contributed by atoms with Crippen LogP contribution in [0.5, 0.6) is 0 Å². The van der Waals surface area contributed by atoms with E-state index in [1.54, 1.807) is 0 Å². The van der Waals surface area contributed by atoms with Crippen LogP contribution in [0.2, 0.25) is 5.02 Å². The summed E-state index contributed by atoms with van der Waals surface area (Å²) in [4.78, 5) is 0. The Hall–Kier alpha value is -0.530. The maximum Gasteiger partial charge on any atom is 0.0792 e. The first-order valence-corrected chi connectivity index (χ1v) is 6.61. The second kappa shape index (κ2) is 5.88. The molecule has 0 amide bonds. The Kier molecular flexibility index (Phi) is 5.03. The molecule has 96 valence electrons. The summed E-state index contributed by atoms with van der Waals surface area (Å²) in [6.07, 6.45) is 2.64. The van der Waals surface area contributed by atoms with E-state index in [2.05, 4.69) is 20.8 Å². The fourth-order valence-corrected chi connectivity index (χ4v) is 2.22. The van der Waals surface area contributed by atoms with Crippen molar-refractivity contribution in [1.29, 1.82) is 0 Å². The molecule has 1 N–H and O–H groups in total. The summed E-state index contributed by atoms with van der Waals surface area (Å²) in [6.45, 7) is 8.68. The lowest BCUT2D eigenvalue weighted by atomic mass is 9.88. The molecule has 1 aromatic rings. The maximum absolute atomic E-state index is 10.1. The molecule has 2 heteroatoms. The molecule has 1 atom stereocenters. The molecular formula is C15H23ClO. The number of aliphatic hydroxyl groups excluding tert-OH is 1. The summed E-state index contributed by atoms with van der Waals surface area (Å²) in [5.74, 6) is 0. The molecule has 0 aliphatic rings. The topological polar surface area (TPSA) is 20.2 Å². The van der Waals surface area contributed by atoms with Gasteiger partial charge in [-0.1, -0.05) is 44.9 Å². The van der Waals surface area contributed by atoms with Gasteiger partial charge in [-0.2, -0.15) is 0 Å². The van der Waals surface area contributed by atoms with Gasteiger partial charge in [0.1, 0.15) is 0 Å². The van der Waals surface area contributed by atoms with Gasteiger partial charge in [-0.25, -0.2) is 0 Å². The summed E-state index contributed by atoms with van der Waals surface area (Å²) >= 11 is 5.90. The molecule has 0 fully saturated rings. The Balaban J connectivity index is 2.55. The van der Waals surface area contributed by atoms with Crippen LogP contribution in [0.4, 0.5) is 0 Å².